The number of halogens is 1. The fourth-order valence-electron chi connectivity index (χ4n) is 1.74. The van der Waals surface area contributed by atoms with Gasteiger partial charge in [0.05, 0.1) is 12.2 Å². The number of aromatic nitrogens is 4. The molecule has 0 spiro atoms. The van der Waals surface area contributed by atoms with Crippen molar-refractivity contribution < 1.29 is 4.39 Å². The molecule has 2 rings (SSSR count). The van der Waals surface area contributed by atoms with Crippen molar-refractivity contribution in [1.29, 1.82) is 0 Å². The van der Waals surface area contributed by atoms with E-state index in [1.54, 1.807) is 18.1 Å². The predicted octanol–water partition coefficient (Wildman–Crippen LogP) is 1.55. The monoisotopic (exact) mass is 249 g/mol. The molecule has 0 bridgehead atoms. The molecular formula is C12H16FN5. The van der Waals surface area contributed by atoms with Crippen LogP contribution in [0.2, 0.25) is 0 Å². The van der Waals surface area contributed by atoms with Gasteiger partial charge in [0.2, 0.25) is 0 Å². The van der Waals surface area contributed by atoms with Crippen molar-refractivity contribution in [2.75, 3.05) is 11.9 Å². The average molecular weight is 249 g/mol. The zero-order valence-corrected chi connectivity index (χ0v) is 10.8. The van der Waals surface area contributed by atoms with Crippen LogP contribution < -0.4 is 4.90 Å². The van der Waals surface area contributed by atoms with E-state index in [0.29, 0.717) is 24.5 Å². The number of aryl methyl sites for hydroxylation is 2. The largest absolute Gasteiger partial charge is 0.350 e. The Morgan fingerprint density at radius 1 is 1.33 bits per heavy atom. The molecule has 0 unspecified atom stereocenters. The Labute approximate surface area is 105 Å². The molecule has 2 heterocycles. The maximum absolute atomic E-state index is 14.1. The Balaban J connectivity index is 2.24. The van der Waals surface area contributed by atoms with Crippen LogP contribution in [-0.2, 0) is 20.0 Å². The summed E-state index contributed by atoms with van der Waals surface area (Å²) < 4.78 is 16.0. The first-order valence-corrected chi connectivity index (χ1v) is 5.80. The Morgan fingerprint density at radius 2 is 2.11 bits per heavy atom. The molecule has 0 aliphatic rings. The quantitative estimate of drug-likeness (QED) is 0.824. The number of rotatable bonds is 4. The minimum absolute atomic E-state index is 0.310. The van der Waals surface area contributed by atoms with Crippen LogP contribution >= 0.6 is 0 Å². The van der Waals surface area contributed by atoms with Crippen molar-refractivity contribution in [1.82, 2.24) is 19.5 Å². The second-order valence-electron chi connectivity index (χ2n) is 4.12. The molecule has 18 heavy (non-hydrogen) atoms. The van der Waals surface area contributed by atoms with E-state index in [9.17, 15) is 4.39 Å². The smallest absolute Gasteiger partial charge is 0.187 e. The summed E-state index contributed by atoms with van der Waals surface area (Å²) >= 11 is 0. The summed E-state index contributed by atoms with van der Waals surface area (Å²) in [5.41, 5.74) is 0.437. The Kier molecular flexibility index (Phi) is 3.55. The molecule has 5 nitrogen and oxygen atoms in total. The second kappa shape index (κ2) is 5.12. The number of anilines is 1. The summed E-state index contributed by atoms with van der Waals surface area (Å²) in [6.45, 7) is 2.37. The fraction of sp³-hybridized carbons (Fsp3) is 0.417. The standard InChI is InChI=1S/C12H16FN5/c1-4-9-11(13)12(16-8-15-9)18(3)7-10-14-5-6-17(10)2/h5-6,8H,4,7H2,1-3H3. The van der Waals surface area contributed by atoms with Crippen molar-refractivity contribution in [3.63, 3.8) is 0 Å². The summed E-state index contributed by atoms with van der Waals surface area (Å²) in [5, 5.41) is 0. The number of nitrogens with zero attached hydrogens (tertiary/aromatic N) is 5. The summed E-state index contributed by atoms with van der Waals surface area (Å²) in [4.78, 5) is 13.9. The van der Waals surface area contributed by atoms with Gasteiger partial charge in [-0.25, -0.2) is 19.3 Å². The van der Waals surface area contributed by atoms with E-state index in [2.05, 4.69) is 15.0 Å². The molecule has 2 aromatic heterocycles. The molecule has 0 aromatic carbocycles. The van der Waals surface area contributed by atoms with Crippen molar-refractivity contribution in [3.05, 3.63) is 36.1 Å². The van der Waals surface area contributed by atoms with E-state index in [1.165, 1.54) is 6.33 Å². The lowest BCUT2D eigenvalue weighted by Crippen LogP contribution is -2.22. The lowest BCUT2D eigenvalue weighted by Gasteiger charge is -2.18. The van der Waals surface area contributed by atoms with Gasteiger partial charge in [-0.15, -0.1) is 0 Å². The highest BCUT2D eigenvalue weighted by molar-refractivity contribution is 5.40. The van der Waals surface area contributed by atoms with Gasteiger partial charge in [0.1, 0.15) is 12.2 Å². The van der Waals surface area contributed by atoms with Crippen LogP contribution in [0.1, 0.15) is 18.4 Å². The fourth-order valence-corrected chi connectivity index (χ4v) is 1.74. The van der Waals surface area contributed by atoms with E-state index < -0.39 is 0 Å². The molecule has 6 heteroatoms. The number of hydrogen-bond donors (Lipinski definition) is 0. The molecule has 0 radical (unpaired) electrons. The summed E-state index contributed by atoms with van der Waals surface area (Å²) in [6, 6.07) is 0. The zero-order chi connectivity index (χ0) is 13.1. The van der Waals surface area contributed by atoms with E-state index in [0.717, 1.165) is 5.82 Å². The molecule has 0 aliphatic carbocycles. The molecule has 0 amide bonds. The van der Waals surface area contributed by atoms with Crippen LogP contribution in [-0.4, -0.2) is 26.6 Å². The Morgan fingerprint density at radius 3 is 2.72 bits per heavy atom. The lowest BCUT2D eigenvalue weighted by molar-refractivity contribution is 0.585. The third-order valence-electron chi connectivity index (χ3n) is 2.84. The normalized spacial score (nSPS) is 10.7. The van der Waals surface area contributed by atoms with Gasteiger partial charge in [0, 0.05) is 26.5 Å². The highest BCUT2D eigenvalue weighted by Crippen LogP contribution is 2.18. The SMILES string of the molecule is CCc1ncnc(N(C)Cc2nccn2C)c1F. The third-order valence-corrected chi connectivity index (χ3v) is 2.84. The molecule has 0 saturated carbocycles. The van der Waals surface area contributed by atoms with Gasteiger partial charge in [-0.05, 0) is 6.42 Å². The van der Waals surface area contributed by atoms with Crippen molar-refractivity contribution in [2.45, 2.75) is 19.9 Å². The second-order valence-corrected chi connectivity index (χ2v) is 4.12. The van der Waals surface area contributed by atoms with Crippen molar-refractivity contribution >= 4 is 5.82 Å². The maximum atomic E-state index is 14.1. The first-order chi connectivity index (χ1) is 8.63. The summed E-state index contributed by atoms with van der Waals surface area (Å²) in [5.74, 6) is 0.815. The van der Waals surface area contributed by atoms with Crippen LogP contribution in [0.4, 0.5) is 10.2 Å². The van der Waals surface area contributed by atoms with Crippen molar-refractivity contribution in [2.24, 2.45) is 7.05 Å². The first kappa shape index (κ1) is 12.5. The molecule has 0 aliphatic heterocycles. The Bertz CT molecular complexity index is 537. The van der Waals surface area contributed by atoms with E-state index in [-0.39, 0.29) is 5.82 Å². The molecule has 96 valence electrons. The highest BCUT2D eigenvalue weighted by atomic mass is 19.1. The average Bonchev–Trinajstić information content (AvgIpc) is 2.75. The summed E-state index contributed by atoms with van der Waals surface area (Å²) in [7, 11) is 3.70. The highest BCUT2D eigenvalue weighted by Gasteiger charge is 2.15. The van der Waals surface area contributed by atoms with Gasteiger partial charge < -0.3 is 9.47 Å². The lowest BCUT2D eigenvalue weighted by atomic mass is 10.3. The molecule has 0 atom stereocenters. The predicted molar refractivity (Wildman–Crippen MR) is 66.7 cm³/mol. The van der Waals surface area contributed by atoms with Gasteiger partial charge in [0.25, 0.3) is 0 Å². The minimum Gasteiger partial charge on any atom is -0.350 e. The van der Waals surface area contributed by atoms with Gasteiger partial charge >= 0.3 is 0 Å². The molecule has 2 aromatic rings. The van der Waals surface area contributed by atoms with Crippen LogP contribution in [0, 0.1) is 5.82 Å². The summed E-state index contributed by atoms with van der Waals surface area (Å²) in [6.07, 6.45) is 5.53. The number of hydrogen-bond acceptors (Lipinski definition) is 4. The third kappa shape index (κ3) is 2.32. The molecule has 0 saturated heterocycles. The topological polar surface area (TPSA) is 46.8 Å². The van der Waals surface area contributed by atoms with E-state index >= 15 is 0 Å². The van der Waals surface area contributed by atoms with Crippen LogP contribution in [0.15, 0.2) is 18.7 Å². The van der Waals surface area contributed by atoms with Crippen LogP contribution in [0.25, 0.3) is 0 Å². The van der Waals surface area contributed by atoms with Gasteiger partial charge in [0.15, 0.2) is 11.6 Å². The van der Waals surface area contributed by atoms with Crippen molar-refractivity contribution in [3.8, 4) is 0 Å². The van der Waals surface area contributed by atoms with Gasteiger partial charge in [-0.3, -0.25) is 0 Å². The Hall–Kier alpha value is -1.98. The number of imidazole rings is 1. The molecular weight excluding hydrogens is 233 g/mol. The minimum atomic E-state index is -0.350. The maximum Gasteiger partial charge on any atom is 0.187 e. The zero-order valence-electron chi connectivity index (χ0n) is 10.8. The van der Waals surface area contributed by atoms with Gasteiger partial charge in [-0.2, -0.15) is 0 Å². The molecule has 0 fully saturated rings. The van der Waals surface area contributed by atoms with Gasteiger partial charge in [-0.1, -0.05) is 6.92 Å². The van der Waals surface area contributed by atoms with Crippen LogP contribution in [0.5, 0.6) is 0 Å². The van der Waals surface area contributed by atoms with E-state index in [4.69, 9.17) is 0 Å². The molecule has 0 N–H and O–H groups in total. The first-order valence-electron chi connectivity index (χ1n) is 5.80. The van der Waals surface area contributed by atoms with E-state index in [1.807, 2.05) is 24.7 Å². The van der Waals surface area contributed by atoms with Crippen LogP contribution in [0.3, 0.4) is 0 Å².